The minimum atomic E-state index is -0.530. The Kier molecular flexibility index (Phi) is 4.73. The van der Waals surface area contributed by atoms with Gasteiger partial charge in [0.05, 0.1) is 25.7 Å². The van der Waals surface area contributed by atoms with Crippen LogP contribution < -0.4 is 20.1 Å². The third-order valence-electron chi connectivity index (χ3n) is 2.83. The van der Waals surface area contributed by atoms with Crippen LogP contribution in [-0.4, -0.2) is 43.6 Å². The summed E-state index contributed by atoms with van der Waals surface area (Å²) in [6.07, 6.45) is 0. The zero-order chi connectivity index (χ0) is 14.5. The lowest BCUT2D eigenvalue weighted by Gasteiger charge is -2.22. The normalized spacial score (nSPS) is 18.1. The highest BCUT2D eigenvalue weighted by molar-refractivity contribution is 8.00. The summed E-state index contributed by atoms with van der Waals surface area (Å²) >= 11 is 1.44. The molecule has 0 aliphatic carbocycles. The van der Waals surface area contributed by atoms with Gasteiger partial charge in [0, 0.05) is 11.8 Å². The van der Waals surface area contributed by atoms with Gasteiger partial charge in [0.2, 0.25) is 11.8 Å². The van der Waals surface area contributed by atoms with Crippen LogP contribution in [0.15, 0.2) is 18.2 Å². The molecule has 1 fully saturated rings. The highest BCUT2D eigenvalue weighted by Gasteiger charge is 2.25. The molecule has 0 bridgehead atoms. The molecule has 1 atom stereocenters. The lowest BCUT2D eigenvalue weighted by molar-refractivity contribution is -0.124. The minimum absolute atomic E-state index is 0.126. The van der Waals surface area contributed by atoms with Crippen molar-refractivity contribution >= 4 is 29.3 Å². The van der Waals surface area contributed by atoms with Crippen molar-refractivity contribution in [1.29, 1.82) is 0 Å². The minimum Gasteiger partial charge on any atom is -0.497 e. The Morgan fingerprint density at radius 3 is 2.85 bits per heavy atom. The molecule has 0 saturated carbocycles. The molecule has 0 radical (unpaired) electrons. The van der Waals surface area contributed by atoms with Gasteiger partial charge in [-0.05, 0) is 12.1 Å². The lowest BCUT2D eigenvalue weighted by Crippen LogP contribution is -2.49. The highest BCUT2D eigenvalue weighted by atomic mass is 32.2. The molecule has 1 aliphatic heterocycles. The Bertz CT molecular complexity index is 521. The highest BCUT2D eigenvalue weighted by Crippen LogP contribution is 2.29. The fourth-order valence-electron chi connectivity index (χ4n) is 1.82. The Labute approximate surface area is 121 Å². The van der Waals surface area contributed by atoms with E-state index in [-0.39, 0.29) is 11.8 Å². The second-order valence-corrected chi connectivity index (χ2v) is 5.22. The van der Waals surface area contributed by atoms with Gasteiger partial charge in [-0.2, -0.15) is 0 Å². The largest absolute Gasteiger partial charge is 0.497 e. The molecule has 1 unspecified atom stereocenters. The molecule has 2 rings (SSSR count). The second-order valence-electron chi connectivity index (χ2n) is 4.19. The summed E-state index contributed by atoms with van der Waals surface area (Å²) in [5, 5.41) is 5.41. The van der Waals surface area contributed by atoms with Crippen molar-refractivity contribution in [2.24, 2.45) is 0 Å². The first kappa shape index (κ1) is 14.5. The number of benzene rings is 1. The van der Waals surface area contributed by atoms with E-state index in [1.54, 1.807) is 25.3 Å². The molecule has 1 aromatic carbocycles. The molecular formula is C13H16N2O4S. The Hall–Kier alpha value is -1.89. The zero-order valence-electron chi connectivity index (χ0n) is 11.3. The maximum Gasteiger partial charge on any atom is 0.247 e. The van der Waals surface area contributed by atoms with Gasteiger partial charge in [-0.1, -0.05) is 0 Å². The molecule has 2 amide bonds. The molecule has 0 spiro atoms. The van der Waals surface area contributed by atoms with Crippen molar-refractivity contribution in [3.05, 3.63) is 18.2 Å². The van der Waals surface area contributed by atoms with E-state index in [1.165, 1.54) is 18.9 Å². The summed E-state index contributed by atoms with van der Waals surface area (Å²) in [6.45, 7) is 0. The molecule has 108 valence electrons. The molecular weight excluding hydrogens is 280 g/mol. The van der Waals surface area contributed by atoms with Crippen molar-refractivity contribution in [3.8, 4) is 11.5 Å². The van der Waals surface area contributed by atoms with Crippen LogP contribution in [0.3, 0.4) is 0 Å². The predicted molar refractivity (Wildman–Crippen MR) is 77.4 cm³/mol. The monoisotopic (exact) mass is 296 g/mol. The Balaban J connectivity index is 2.11. The van der Waals surface area contributed by atoms with E-state index in [0.717, 1.165) is 0 Å². The number of carbonyl (C=O) groups excluding carboxylic acids is 2. The summed E-state index contributed by atoms with van der Waals surface area (Å²) in [5.74, 6) is 1.71. The number of rotatable bonds is 4. The van der Waals surface area contributed by atoms with Crippen LogP contribution in [0.25, 0.3) is 0 Å². The number of hydrogen-bond acceptors (Lipinski definition) is 5. The fraction of sp³-hybridized carbons (Fsp3) is 0.385. The third-order valence-corrected chi connectivity index (χ3v) is 3.87. The van der Waals surface area contributed by atoms with Crippen molar-refractivity contribution in [2.45, 2.75) is 6.04 Å². The van der Waals surface area contributed by atoms with Crippen LogP contribution in [-0.2, 0) is 9.59 Å². The first-order valence-electron chi connectivity index (χ1n) is 6.04. The third kappa shape index (κ3) is 3.36. The maximum absolute atomic E-state index is 12.1. The molecule has 0 aromatic heterocycles. The molecule has 7 heteroatoms. The molecule has 1 heterocycles. The predicted octanol–water partition coefficient (Wildman–Crippen LogP) is 0.874. The van der Waals surface area contributed by atoms with E-state index in [4.69, 9.17) is 9.47 Å². The van der Waals surface area contributed by atoms with Crippen molar-refractivity contribution in [1.82, 2.24) is 5.32 Å². The number of thioether (sulfide) groups is 1. The van der Waals surface area contributed by atoms with E-state index >= 15 is 0 Å². The van der Waals surface area contributed by atoms with Gasteiger partial charge in [0.15, 0.2) is 0 Å². The van der Waals surface area contributed by atoms with Crippen LogP contribution in [0.5, 0.6) is 11.5 Å². The first-order valence-corrected chi connectivity index (χ1v) is 7.19. The first-order chi connectivity index (χ1) is 9.63. The molecule has 6 nitrogen and oxygen atoms in total. The Morgan fingerprint density at radius 2 is 2.20 bits per heavy atom. The summed E-state index contributed by atoms with van der Waals surface area (Å²) in [6, 6.07) is 4.60. The van der Waals surface area contributed by atoms with Crippen LogP contribution in [0.1, 0.15) is 0 Å². The van der Waals surface area contributed by atoms with Gasteiger partial charge < -0.3 is 20.1 Å². The SMILES string of the molecule is COc1ccc(OC)c(NC(=O)C2CSCC(=O)N2)c1. The summed E-state index contributed by atoms with van der Waals surface area (Å²) in [5.41, 5.74) is 0.515. The molecule has 1 aromatic rings. The maximum atomic E-state index is 12.1. The lowest BCUT2D eigenvalue weighted by atomic mass is 10.2. The Morgan fingerprint density at radius 1 is 1.40 bits per heavy atom. The number of carbonyl (C=O) groups is 2. The smallest absolute Gasteiger partial charge is 0.247 e. The van der Waals surface area contributed by atoms with Gasteiger partial charge in [-0.3, -0.25) is 9.59 Å². The van der Waals surface area contributed by atoms with Gasteiger partial charge in [0.25, 0.3) is 0 Å². The topological polar surface area (TPSA) is 76.7 Å². The summed E-state index contributed by atoms with van der Waals surface area (Å²) in [7, 11) is 3.07. The summed E-state index contributed by atoms with van der Waals surface area (Å²) in [4.78, 5) is 23.4. The molecule has 2 N–H and O–H groups in total. The van der Waals surface area contributed by atoms with Crippen LogP contribution in [0.4, 0.5) is 5.69 Å². The molecule has 1 aliphatic rings. The van der Waals surface area contributed by atoms with Gasteiger partial charge in [-0.15, -0.1) is 11.8 Å². The van der Waals surface area contributed by atoms with Crippen LogP contribution in [0.2, 0.25) is 0 Å². The average molecular weight is 296 g/mol. The molecule has 1 saturated heterocycles. The van der Waals surface area contributed by atoms with E-state index in [0.29, 0.717) is 28.7 Å². The van der Waals surface area contributed by atoms with E-state index in [1.807, 2.05) is 0 Å². The van der Waals surface area contributed by atoms with Crippen molar-refractivity contribution in [2.75, 3.05) is 31.0 Å². The van der Waals surface area contributed by atoms with E-state index < -0.39 is 6.04 Å². The standard InChI is InChI=1S/C13H16N2O4S/c1-18-8-3-4-11(19-2)9(5-8)15-13(17)10-6-20-7-12(16)14-10/h3-5,10H,6-7H2,1-2H3,(H,14,16)(H,15,17). The fourth-order valence-corrected chi connectivity index (χ4v) is 2.68. The number of anilines is 1. The van der Waals surface area contributed by atoms with Crippen molar-refractivity contribution in [3.63, 3.8) is 0 Å². The molecule has 20 heavy (non-hydrogen) atoms. The number of ether oxygens (including phenoxy) is 2. The van der Waals surface area contributed by atoms with Gasteiger partial charge in [0.1, 0.15) is 17.5 Å². The quantitative estimate of drug-likeness (QED) is 0.862. The van der Waals surface area contributed by atoms with Gasteiger partial charge >= 0.3 is 0 Å². The van der Waals surface area contributed by atoms with Crippen molar-refractivity contribution < 1.29 is 19.1 Å². The average Bonchev–Trinajstić information content (AvgIpc) is 2.47. The zero-order valence-corrected chi connectivity index (χ0v) is 12.1. The van der Waals surface area contributed by atoms with Crippen LogP contribution in [0, 0.1) is 0 Å². The number of nitrogens with one attached hydrogen (secondary N) is 2. The second kappa shape index (κ2) is 6.51. The number of methoxy groups -OCH3 is 2. The van der Waals surface area contributed by atoms with Gasteiger partial charge in [-0.25, -0.2) is 0 Å². The van der Waals surface area contributed by atoms with E-state index in [9.17, 15) is 9.59 Å². The number of amides is 2. The summed E-state index contributed by atoms with van der Waals surface area (Å²) < 4.78 is 10.3. The van der Waals surface area contributed by atoms with Crippen LogP contribution >= 0.6 is 11.8 Å². The van der Waals surface area contributed by atoms with E-state index in [2.05, 4.69) is 10.6 Å². The number of hydrogen-bond donors (Lipinski definition) is 2.